The fourth-order valence-electron chi connectivity index (χ4n) is 3.37. The van der Waals surface area contributed by atoms with Crippen LogP contribution in [0.5, 0.6) is 5.75 Å². The fourth-order valence-corrected chi connectivity index (χ4v) is 3.37. The average molecular weight is 337 g/mol. The number of anilines is 1. The molecule has 2 aliphatic heterocycles. The van der Waals surface area contributed by atoms with Gasteiger partial charge in [0.25, 0.3) is 0 Å². The van der Waals surface area contributed by atoms with Gasteiger partial charge in [0.2, 0.25) is 5.91 Å². The molecule has 2 atom stereocenters. The van der Waals surface area contributed by atoms with E-state index in [1.165, 1.54) is 19.2 Å². The van der Waals surface area contributed by atoms with Gasteiger partial charge in [-0.05, 0) is 18.6 Å². The molecule has 0 radical (unpaired) electrons. The van der Waals surface area contributed by atoms with E-state index in [0.717, 1.165) is 18.7 Å². The zero-order chi connectivity index (χ0) is 17.1. The quantitative estimate of drug-likeness (QED) is 0.883. The smallest absolute Gasteiger partial charge is 0.239 e. The number of hydrogen-bond acceptors (Lipinski definition) is 5. The Kier molecular flexibility index (Phi) is 5.20. The first-order valence-electron chi connectivity index (χ1n) is 8.26. The first-order valence-corrected chi connectivity index (χ1v) is 8.26. The van der Waals surface area contributed by atoms with Gasteiger partial charge in [-0.1, -0.05) is 0 Å². The Hall–Kier alpha value is -1.86. The molecule has 0 aliphatic carbocycles. The second kappa shape index (κ2) is 7.36. The molecule has 2 heterocycles. The zero-order valence-corrected chi connectivity index (χ0v) is 14.1. The summed E-state index contributed by atoms with van der Waals surface area (Å²) in [5.41, 5.74) is 0.865. The SMILES string of the molecule is COc1cc(F)ccc1N1CCN(C(=O)[C@@H]2C[C@H](OC)CN2)CC1. The Morgan fingerprint density at radius 3 is 2.62 bits per heavy atom. The number of methoxy groups -OCH3 is 2. The van der Waals surface area contributed by atoms with E-state index in [0.29, 0.717) is 31.9 Å². The normalized spacial score (nSPS) is 24.3. The Labute approximate surface area is 141 Å². The zero-order valence-electron chi connectivity index (χ0n) is 14.1. The molecule has 1 N–H and O–H groups in total. The molecule has 2 saturated heterocycles. The summed E-state index contributed by atoms with van der Waals surface area (Å²) in [6.07, 6.45) is 0.838. The van der Waals surface area contributed by atoms with Crippen LogP contribution < -0.4 is 15.0 Å². The minimum atomic E-state index is -0.315. The molecule has 1 aromatic carbocycles. The molecule has 132 valence electrons. The van der Waals surface area contributed by atoms with Crippen LogP contribution in [0.3, 0.4) is 0 Å². The number of ether oxygens (including phenoxy) is 2. The number of nitrogens with zero attached hydrogens (tertiary/aromatic N) is 2. The lowest BCUT2D eigenvalue weighted by atomic mass is 10.1. The molecule has 2 aliphatic rings. The summed E-state index contributed by atoms with van der Waals surface area (Å²) in [6.45, 7) is 3.42. The van der Waals surface area contributed by atoms with Crippen molar-refractivity contribution in [2.24, 2.45) is 0 Å². The number of piperazine rings is 1. The highest BCUT2D eigenvalue weighted by molar-refractivity contribution is 5.82. The molecule has 2 fully saturated rings. The van der Waals surface area contributed by atoms with Crippen LogP contribution in [0.1, 0.15) is 6.42 Å². The number of nitrogens with one attached hydrogen (secondary N) is 1. The maximum Gasteiger partial charge on any atom is 0.239 e. The van der Waals surface area contributed by atoms with Gasteiger partial charge in [0.1, 0.15) is 11.6 Å². The summed E-state index contributed by atoms with van der Waals surface area (Å²) < 4.78 is 23.9. The van der Waals surface area contributed by atoms with E-state index in [1.807, 2.05) is 4.90 Å². The Morgan fingerprint density at radius 2 is 2.00 bits per heavy atom. The van der Waals surface area contributed by atoms with Crippen molar-refractivity contribution in [3.8, 4) is 5.75 Å². The van der Waals surface area contributed by atoms with E-state index in [1.54, 1.807) is 13.2 Å². The number of carbonyl (C=O) groups excluding carboxylic acids is 1. The number of benzene rings is 1. The van der Waals surface area contributed by atoms with Crippen LogP contribution in [0.2, 0.25) is 0 Å². The van der Waals surface area contributed by atoms with Crippen molar-refractivity contribution >= 4 is 11.6 Å². The van der Waals surface area contributed by atoms with Crippen LogP contribution in [-0.2, 0) is 9.53 Å². The molecule has 0 aromatic heterocycles. The van der Waals surface area contributed by atoms with Crippen molar-refractivity contribution < 1.29 is 18.7 Å². The minimum absolute atomic E-state index is 0.115. The van der Waals surface area contributed by atoms with Crippen molar-refractivity contribution in [3.63, 3.8) is 0 Å². The van der Waals surface area contributed by atoms with Crippen LogP contribution in [0, 0.1) is 5.82 Å². The Balaban J connectivity index is 1.59. The Morgan fingerprint density at radius 1 is 1.25 bits per heavy atom. The van der Waals surface area contributed by atoms with E-state index in [-0.39, 0.29) is 23.9 Å². The summed E-state index contributed by atoms with van der Waals surface area (Å²) in [5, 5.41) is 3.23. The lowest BCUT2D eigenvalue weighted by molar-refractivity contribution is -0.133. The number of amides is 1. The number of halogens is 1. The van der Waals surface area contributed by atoms with Crippen molar-refractivity contribution in [2.75, 3.05) is 51.8 Å². The van der Waals surface area contributed by atoms with E-state index in [4.69, 9.17) is 9.47 Å². The minimum Gasteiger partial charge on any atom is -0.494 e. The Bertz CT molecular complexity index is 590. The molecule has 0 unspecified atom stereocenters. The van der Waals surface area contributed by atoms with E-state index in [9.17, 15) is 9.18 Å². The van der Waals surface area contributed by atoms with Gasteiger partial charge in [-0.2, -0.15) is 0 Å². The number of hydrogen-bond donors (Lipinski definition) is 1. The van der Waals surface area contributed by atoms with Gasteiger partial charge in [-0.15, -0.1) is 0 Å². The highest BCUT2D eigenvalue weighted by Gasteiger charge is 2.33. The lowest BCUT2D eigenvalue weighted by Crippen LogP contribution is -2.53. The van der Waals surface area contributed by atoms with Gasteiger partial charge < -0.3 is 24.6 Å². The topological polar surface area (TPSA) is 54.0 Å². The molecular weight excluding hydrogens is 313 g/mol. The van der Waals surface area contributed by atoms with Crippen molar-refractivity contribution in [3.05, 3.63) is 24.0 Å². The predicted octanol–water partition coefficient (Wildman–Crippen LogP) is 0.860. The third-order valence-corrected chi connectivity index (χ3v) is 4.80. The fraction of sp³-hybridized carbons (Fsp3) is 0.588. The lowest BCUT2D eigenvalue weighted by Gasteiger charge is -2.37. The molecule has 1 aromatic rings. The van der Waals surface area contributed by atoms with Gasteiger partial charge in [-0.3, -0.25) is 4.79 Å². The van der Waals surface area contributed by atoms with Crippen LogP contribution in [0.25, 0.3) is 0 Å². The van der Waals surface area contributed by atoms with Crippen molar-refractivity contribution in [2.45, 2.75) is 18.6 Å². The molecule has 3 rings (SSSR count). The van der Waals surface area contributed by atoms with E-state index in [2.05, 4.69) is 10.2 Å². The van der Waals surface area contributed by atoms with Crippen LogP contribution in [0.4, 0.5) is 10.1 Å². The van der Waals surface area contributed by atoms with Crippen LogP contribution in [-0.4, -0.2) is 69.9 Å². The summed E-state index contributed by atoms with van der Waals surface area (Å²) in [6, 6.07) is 4.40. The molecule has 7 heteroatoms. The largest absolute Gasteiger partial charge is 0.494 e. The maximum absolute atomic E-state index is 13.3. The van der Waals surface area contributed by atoms with E-state index < -0.39 is 0 Å². The molecular formula is C17H24FN3O3. The molecule has 6 nitrogen and oxygen atoms in total. The third-order valence-electron chi connectivity index (χ3n) is 4.80. The summed E-state index contributed by atoms with van der Waals surface area (Å²) in [5.74, 6) is 0.347. The number of carbonyl (C=O) groups is 1. The monoisotopic (exact) mass is 337 g/mol. The number of rotatable bonds is 4. The second-order valence-corrected chi connectivity index (χ2v) is 6.18. The first-order chi connectivity index (χ1) is 11.6. The van der Waals surface area contributed by atoms with Gasteiger partial charge in [0, 0.05) is 45.9 Å². The predicted molar refractivity (Wildman–Crippen MR) is 88.9 cm³/mol. The molecule has 24 heavy (non-hydrogen) atoms. The first kappa shape index (κ1) is 17.0. The van der Waals surface area contributed by atoms with Gasteiger partial charge in [-0.25, -0.2) is 4.39 Å². The molecule has 0 saturated carbocycles. The van der Waals surface area contributed by atoms with Gasteiger partial charge >= 0.3 is 0 Å². The van der Waals surface area contributed by atoms with Crippen molar-refractivity contribution in [1.29, 1.82) is 0 Å². The highest BCUT2D eigenvalue weighted by Crippen LogP contribution is 2.29. The molecule has 0 spiro atoms. The van der Waals surface area contributed by atoms with Crippen LogP contribution >= 0.6 is 0 Å². The van der Waals surface area contributed by atoms with Gasteiger partial charge in [0.05, 0.1) is 24.9 Å². The van der Waals surface area contributed by atoms with Crippen LogP contribution in [0.15, 0.2) is 18.2 Å². The summed E-state index contributed by atoms with van der Waals surface area (Å²) >= 11 is 0. The third kappa shape index (κ3) is 3.47. The highest BCUT2D eigenvalue weighted by atomic mass is 19.1. The van der Waals surface area contributed by atoms with Crippen molar-refractivity contribution in [1.82, 2.24) is 10.2 Å². The summed E-state index contributed by atoms with van der Waals surface area (Å²) in [4.78, 5) is 16.6. The molecule has 1 amide bonds. The standard InChI is InChI=1S/C17H24FN3O3/c1-23-13-10-14(19-11-13)17(22)21-7-5-20(6-8-21)15-4-3-12(18)9-16(15)24-2/h3-4,9,13-14,19H,5-8,10-11H2,1-2H3/t13-,14-/m0/s1. The van der Waals surface area contributed by atoms with E-state index >= 15 is 0 Å². The molecule has 0 bridgehead atoms. The van der Waals surface area contributed by atoms with Gasteiger partial charge in [0.15, 0.2) is 0 Å². The summed E-state index contributed by atoms with van der Waals surface area (Å²) in [7, 11) is 3.21. The second-order valence-electron chi connectivity index (χ2n) is 6.18. The average Bonchev–Trinajstić information content (AvgIpc) is 3.10. The maximum atomic E-state index is 13.3.